The van der Waals surface area contributed by atoms with Crippen LogP contribution in [0.25, 0.3) is 16.6 Å². The highest BCUT2D eigenvalue weighted by atomic mass is 19.1. The van der Waals surface area contributed by atoms with E-state index in [0.29, 0.717) is 52.2 Å². The molecule has 0 fully saturated rings. The Balaban J connectivity index is 1.34. The molecule has 0 bridgehead atoms. The van der Waals surface area contributed by atoms with Crippen molar-refractivity contribution < 1.29 is 28.1 Å². The van der Waals surface area contributed by atoms with E-state index in [-0.39, 0.29) is 11.5 Å². The van der Waals surface area contributed by atoms with Crippen LogP contribution in [0.15, 0.2) is 79.1 Å². The maximum absolute atomic E-state index is 13.3. The topological polar surface area (TPSA) is 96.7 Å². The van der Waals surface area contributed by atoms with E-state index in [4.69, 9.17) is 18.9 Å². The molecule has 39 heavy (non-hydrogen) atoms. The number of pyridine rings is 1. The molecule has 9 nitrogen and oxygen atoms in total. The lowest BCUT2D eigenvalue weighted by Crippen LogP contribution is -2.14. The number of aromatic nitrogens is 3. The fourth-order valence-electron chi connectivity index (χ4n) is 3.96. The summed E-state index contributed by atoms with van der Waals surface area (Å²) in [5.41, 5.74) is 1.93. The number of methoxy groups -OCH3 is 2. The molecule has 0 radical (unpaired) electrons. The largest absolute Gasteiger partial charge is 0.493 e. The minimum absolute atomic E-state index is 0.106. The Bertz CT molecular complexity index is 1620. The summed E-state index contributed by atoms with van der Waals surface area (Å²) in [4.78, 5) is 17.4. The summed E-state index contributed by atoms with van der Waals surface area (Å²) < 4.78 is 37.3. The van der Waals surface area contributed by atoms with E-state index in [1.807, 2.05) is 13.0 Å². The lowest BCUT2D eigenvalue weighted by Gasteiger charge is -2.12. The molecule has 0 aliphatic rings. The lowest BCUT2D eigenvalue weighted by atomic mass is 10.2. The molecule has 0 unspecified atom stereocenters. The number of ether oxygens (including phenoxy) is 4. The third kappa shape index (κ3) is 5.45. The molecule has 10 heteroatoms. The summed E-state index contributed by atoms with van der Waals surface area (Å²) >= 11 is 0. The number of anilines is 1. The number of nitrogens with zero attached hydrogens (tertiary/aromatic N) is 3. The number of fused-ring (bicyclic) bond motifs is 1. The van der Waals surface area contributed by atoms with Crippen LogP contribution in [0.4, 0.5) is 10.1 Å². The summed E-state index contributed by atoms with van der Waals surface area (Å²) in [6.45, 7) is 2.16. The first kappa shape index (κ1) is 25.5. The molecule has 0 saturated heterocycles. The molecular weight excluding hydrogens is 503 g/mol. The smallest absolute Gasteiger partial charge is 0.280 e. The predicted molar refractivity (Wildman–Crippen MR) is 144 cm³/mol. The Morgan fingerprint density at radius 3 is 2.33 bits per heavy atom. The molecule has 3 aromatic carbocycles. The van der Waals surface area contributed by atoms with Crippen molar-refractivity contribution in [3.8, 4) is 34.4 Å². The van der Waals surface area contributed by atoms with E-state index >= 15 is 0 Å². The zero-order valence-corrected chi connectivity index (χ0v) is 21.5. The molecule has 5 aromatic rings. The van der Waals surface area contributed by atoms with Crippen LogP contribution in [-0.4, -0.2) is 41.5 Å². The Morgan fingerprint density at radius 1 is 0.923 bits per heavy atom. The van der Waals surface area contributed by atoms with Gasteiger partial charge >= 0.3 is 0 Å². The van der Waals surface area contributed by atoms with E-state index in [9.17, 15) is 9.18 Å². The molecule has 2 heterocycles. The molecule has 0 spiro atoms. The maximum Gasteiger partial charge on any atom is 0.280 e. The monoisotopic (exact) mass is 528 g/mol. The quantitative estimate of drug-likeness (QED) is 0.250. The normalized spacial score (nSPS) is 10.8. The van der Waals surface area contributed by atoms with E-state index in [1.165, 1.54) is 16.8 Å². The van der Waals surface area contributed by atoms with Crippen LogP contribution in [0.2, 0.25) is 0 Å². The van der Waals surface area contributed by atoms with Gasteiger partial charge in [-0.25, -0.2) is 9.07 Å². The molecule has 0 aliphatic carbocycles. The zero-order chi connectivity index (χ0) is 27.4. The van der Waals surface area contributed by atoms with E-state index in [0.717, 1.165) is 5.39 Å². The van der Waals surface area contributed by atoms with Gasteiger partial charge in [-0.3, -0.25) is 9.78 Å². The highest BCUT2D eigenvalue weighted by Crippen LogP contribution is 2.37. The van der Waals surface area contributed by atoms with Crippen LogP contribution < -0.4 is 24.3 Å². The van der Waals surface area contributed by atoms with E-state index in [1.54, 1.807) is 75.1 Å². The van der Waals surface area contributed by atoms with Crippen molar-refractivity contribution in [2.75, 3.05) is 26.1 Å². The van der Waals surface area contributed by atoms with Gasteiger partial charge in [-0.2, -0.15) is 5.10 Å². The maximum atomic E-state index is 13.3. The first-order valence-electron chi connectivity index (χ1n) is 12.1. The molecule has 5 rings (SSSR count). The van der Waals surface area contributed by atoms with Gasteiger partial charge in [-0.05, 0) is 67.6 Å². The van der Waals surface area contributed by atoms with Crippen LogP contribution in [0.3, 0.4) is 0 Å². The number of halogens is 1. The van der Waals surface area contributed by atoms with Crippen molar-refractivity contribution in [3.05, 3.63) is 90.6 Å². The third-order valence-corrected chi connectivity index (χ3v) is 5.83. The lowest BCUT2D eigenvalue weighted by molar-refractivity contribution is 0.101. The molecule has 198 valence electrons. The van der Waals surface area contributed by atoms with Gasteiger partial charge in [0.05, 0.1) is 38.2 Å². The average Bonchev–Trinajstić information content (AvgIpc) is 3.38. The van der Waals surface area contributed by atoms with Crippen molar-refractivity contribution in [2.24, 2.45) is 0 Å². The average molecular weight is 529 g/mol. The number of amides is 1. The number of carbonyl (C=O) groups excluding carboxylic acids is 1. The van der Waals surface area contributed by atoms with Crippen molar-refractivity contribution in [2.45, 2.75) is 6.92 Å². The number of rotatable bonds is 9. The van der Waals surface area contributed by atoms with Crippen LogP contribution in [0, 0.1) is 5.82 Å². The molecule has 0 saturated carbocycles. The van der Waals surface area contributed by atoms with E-state index in [2.05, 4.69) is 15.4 Å². The summed E-state index contributed by atoms with van der Waals surface area (Å²) in [5, 5.41) is 7.95. The highest BCUT2D eigenvalue weighted by Gasteiger charge is 2.19. The van der Waals surface area contributed by atoms with Crippen molar-refractivity contribution in [1.82, 2.24) is 14.8 Å². The molecular formula is C29H25FN4O5. The fraction of sp³-hybridized carbons (Fsp3) is 0.138. The van der Waals surface area contributed by atoms with E-state index < -0.39 is 5.91 Å². The number of carbonyl (C=O) groups is 1. The molecule has 0 atom stereocenters. The Morgan fingerprint density at radius 2 is 1.64 bits per heavy atom. The zero-order valence-electron chi connectivity index (χ0n) is 21.5. The number of hydrogen-bond donors (Lipinski definition) is 1. The Kier molecular flexibility index (Phi) is 7.26. The standard InChI is InChI=1S/C29H25FN4O5/c1-4-38-27-17-34(20-9-5-18(30)6-10-20)33-28(27)29(35)32-19-7-11-21(12-8-19)39-24-13-14-31-23-16-26(37-3)25(36-2)15-22(23)24/h5-17H,4H2,1-3H3,(H,32,35). The van der Waals surface area contributed by atoms with Crippen LogP contribution in [0.1, 0.15) is 17.4 Å². The summed E-state index contributed by atoms with van der Waals surface area (Å²) in [6, 6.07) is 18.1. The Labute approximate surface area is 223 Å². The van der Waals surface area contributed by atoms with Crippen LogP contribution >= 0.6 is 0 Å². The van der Waals surface area contributed by atoms with Gasteiger partial charge in [-0.15, -0.1) is 0 Å². The van der Waals surface area contributed by atoms with Gasteiger partial charge < -0.3 is 24.3 Å². The minimum atomic E-state index is -0.450. The van der Waals surface area contributed by atoms with Gasteiger partial charge in [0.15, 0.2) is 22.9 Å². The molecule has 1 N–H and O–H groups in total. The van der Waals surface area contributed by atoms with Gasteiger partial charge in [0, 0.05) is 23.3 Å². The van der Waals surface area contributed by atoms with Crippen LogP contribution in [0.5, 0.6) is 28.7 Å². The fourth-order valence-corrected chi connectivity index (χ4v) is 3.96. The van der Waals surface area contributed by atoms with Crippen LogP contribution in [-0.2, 0) is 0 Å². The minimum Gasteiger partial charge on any atom is -0.493 e. The van der Waals surface area contributed by atoms with Crippen molar-refractivity contribution in [1.29, 1.82) is 0 Å². The predicted octanol–water partition coefficient (Wildman–Crippen LogP) is 6.02. The van der Waals surface area contributed by atoms with Crippen molar-refractivity contribution >= 4 is 22.5 Å². The Hall–Kier alpha value is -5.12. The van der Waals surface area contributed by atoms with Gasteiger partial charge in [0.25, 0.3) is 5.91 Å². The molecule has 2 aromatic heterocycles. The number of benzene rings is 3. The second-order valence-electron chi connectivity index (χ2n) is 8.31. The first-order valence-corrected chi connectivity index (χ1v) is 12.1. The summed E-state index contributed by atoms with van der Waals surface area (Å²) in [7, 11) is 3.14. The summed E-state index contributed by atoms with van der Waals surface area (Å²) in [6.07, 6.45) is 3.24. The second-order valence-corrected chi connectivity index (χ2v) is 8.31. The SMILES string of the molecule is CCOc1cn(-c2ccc(F)cc2)nc1C(=O)Nc1ccc(Oc2ccnc3cc(OC)c(OC)cc23)cc1. The molecule has 0 aliphatic heterocycles. The first-order chi connectivity index (χ1) is 19.0. The summed E-state index contributed by atoms with van der Waals surface area (Å²) in [5.74, 6) is 1.79. The number of hydrogen-bond acceptors (Lipinski definition) is 7. The van der Waals surface area contributed by atoms with Gasteiger partial charge in [0.1, 0.15) is 17.3 Å². The highest BCUT2D eigenvalue weighted by molar-refractivity contribution is 6.04. The second kappa shape index (κ2) is 11.1. The van der Waals surface area contributed by atoms with Gasteiger partial charge in [0.2, 0.25) is 0 Å². The number of nitrogens with one attached hydrogen (secondary N) is 1. The third-order valence-electron chi connectivity index (χ3n) is 5.83. The molecule has 1 amide bonds. The van der Waals surface area contributed by atoms with Gasteiger partial charge in [-0.1, -0.05) is 0 Å². The van der Waals surface area contributed by atoms with Crippen molar-refractivity contribution in [3.63, 3.8) is 0 Å².